The number of hydrogen-bond donors (Lipinski definition) is 1. The number of nitrogens with zero attached hydrogens (tertiary/aromatic N) is 1. The molecule has 102 valence electrons. The van der Waals surface area contributed by atoms with Crippen molar-refractivity contribution in [3.05, 3.63) is 47.8 Å². The lowest BCUT2D eigenvalue weighted by Gasteiger charge is -2.17. The first-order valence-corrected chi connectivity index (χ1v) is 7.47. The number of aromatic nitrogens is 1. The third kappa shape index (κ3) is 2.02. The van der Waals surface area contributed by atoms with Crippen LogP contribution in [0.4, 0.5) is 0 Å². The zero-order valence-electron chi connectivity index (χ0n) is 11.1. The van der Waals surface area contributed by atoms with Crippen molar-refractivity contribution in [1.82, 2.24) is 4.57 Å². The summed E-state index contributed by atoms with van der Waals surface area (Å²) in [5.41, 5.74) is 1.96. The fourth-order valence-electron chi connectivity index (χ4n) is 2.59. The van der Waals surface area contributed by atoms with Crippen molar-refractivity contribution in [2.24, 2.45) is 0 Å². The van der Waals surface area contributed by atoms with Crippen molar-refractivity contribution in [1.29, 1.82) is 0 Å². The molecule has 3 rings (SSSR count). The molecule has 2 aromatic heterocycles. The minimum absolute atomic E-state index is 0.535. The lowest BCUT2D eigenvalue weighted by Crippen LogP contribution is -2.18. The molecule has 0 spiro atoms. The average molecular weight is 285 g/mol. The van der Waals surface area contributed by atoms with Crippen LogP contribution in [-0.4, -0.2) is 15.6 Å². The Hall–Kier alpha value is -2.07. The summed E-state index contributed by atoms with van der Waals surface area (Å²) < 4.78 is 1.95. The molecule has 0 saturated heterocycles. The number of carboxylic acid groups (broad SMARTS) is 1. The van der Waals surface area contributed by atoms with Gasteiger partial charge in [0.05, 0.1) is 10.6 Å². The molecule has 0 aliphatic rings. The van der Waals surface area contributed by atoms with Gasteiger partial charge in [-0.25, -0.2) is 4.79 Å². The average Bonchev–Trinajstić information content (AvgIpc) is 3.06. The van der Waals surface area contributed by atoms with Gasteiger partial charge < -0.3 is 9.67 Å². The minimum Gasteiger partial charge on any atom is -0.480 e. The van der Waals surface area contributed by atoms with Crippen LogP contribution in [0.15, 0.2) is 47.8 Å². The van der Waals surface area contributed by atoms with Gasteiger partial charge in [0, 0.05) is 10.9 Å². The molecule has 1 aromatic carbocycles. The second kappa shape index (κ2) is 5.13. The molecule has 0 bridgehead atoms. The molecule has 20 heavy (non-hydrogen) atoms. The number of aliphatic carboxylic acids is 1. The molecule has 2 heterocycles. The van der Waals surface area contributed by atoms with E-state index in [-0.39, 0.29) is 0 Å². The van der Waals surface area contributed by atoms with Gasteiger partial charge in [0.2, 0.25) is 0 Å². The summed E-state index contributed by atoms with van der Waals surface area (Å²) >= 11 is 1.63. The van der Waals surface area contributed by atoms with Crippen LogP contribution in [0.2, 0.25) is 0 Å². The molecule has 0 aliphatic carbocycles. The molecule has 3 nitrogen and oxygen atoms in total. The molecule has 4 heteroatoms. The molecule has 0 saturated carbocycles. The summed E-state index contributed by atoms with van der Waals surface area (Å²) in [5, 5.41) is 12.6. The maximum absolute atomic E-state index is 11.6. The second-order valence-electron chi connectivity index (χ2n) is 4.70. The first kappa shape index (κ1) is 12.9. The van der Waals surface area contributed by atoms with E-state index in [2.05, 4.69) is 6.07 Å². The van der Waals surface area contributed by atoms with E-state index in [0.29, 0.717) is 6.42 Å². The zero-order valence-corrected chi connectivity index (χ0v) is 11.9. The molecule has 3 aromatic rings. The highest BCUT2D eigenvalue weighted by molar-refractivity contribution is 7.13. The minimum atomic E-state index is -0.786. The van der Waals surface area contributed by atoms with Crippen molar-refractivity contribution in [3.8, 4) is 10.6 Å². The summed E-state index contributed by atoms with van der Waals surface area (Å²) in [6.07, 6.45) is 0.562. The van der Waals surface area contributed by atoms with Gasteiger partial charge in [0.25, 0.3) is 0 Å². The van der Waals surface area contributed by atoms with Gasteiger partial charge >= 0.3 is 5.97 Å². The normalized spacial score (nSPS) is 12.7. The van der Waals surface area contributed by atoms with E-state index in [0.717, 1.165) is 21.5 Å². The van der Waals surface area contributed by atoms with Crippen LogP contribution in [0, 0.1) is 0 Å². The van der Waals surface area contributed by atoms with Crippen LogP contribution >= 0.6 is 11.3 Å². The Kier molecular flexibility index (Phi) is 3.32. The molecule has 0 fully saturated rings. The number of para-hydroxylation sites is 1. The van der Waals surface area contributed by atoms with Crippen LogP contribution in [-0.2, 0) is 4.79 Å². The molecule has 1 N–H and O–H groups in total. The van der Waals surface area contributed by atoms with Crippen molar-refractivity contribution in [3.63, 3.8) is 0 Å². The highest BCUT2D eigenvalue weighted by Gasteiger charge is 2.23. The lowest BCUT2D eigenvalue weighted by atomic mass is 10.2. The van der Waals surface area contributed by atoms with Gasteiger partial charge in [-0.05, 0) is 30.0 Å². The van der Waals surface area contributed by atoms with Gasteiger partial charge in [-0.1, -0.05) is 31.2 Å². The number of rotatable bonds is 4. The van der Waals surface area contributed by atoms with E-state index in [1.165, 1.54) is 0 Å². The Bertz CT molecular complexity index is 743. The Morgan fingerprint density at radius 1 is 1.30 bits per heavy atom. The smallest absolute Gasteiger partial charge is 0.326 e. The first-order chi connectivity index (χ1) is 9.72. The largest absolute Gasteiger partial charge is 0.480 e. The highest BCUT2D eigenvalue weighted by atomic mass is 32.1. The molecule has 0 radical (unpaired) electrons. The molecular formula is C16H15NO2S. The van der Waals surface area contributed by atoms with E-state index in [1.54, 1.807) is 11.3 Å². The quantitative estimate of drug-likeness (QED) is 0.771. The Morgan fingerprint density at radius 2 is 2.10 bits per heavy atom. The number of carboxylic acids is 1. The van der Waals surface area contributed by atoms with Crippen molar-refractivity contribution in [2.75, 3.05) is 0 Å². The summed E-state index contributed by atoms with van der Waals surface area (Å²) in [7, 11) is 0. The number of thiophene rings is 1. The van der Waals surface area contributed by atoms with Crippen LogP contribution in [0.1, 0.15) is 19.4 Å². The standard InChI is InChI=1S/C16H15NO2S/c1-2-12(16(18)19)17-13-7-4-3-6-11(13)10-14(17)15-8-5-9-20-15/h3-10,12H,2H2,1H3,(H,18,19). The fraction of sp³-hybridized carbons (Fsp3) is 0.188. The Balaban J connectivity index is 2.31. The van der Waals surface area contributed by atoms with Gasteiger partial charge in [-0.3, -0.25) is 0 Å². The summed E-state index contributed by atoms with van der Waals surface area (Å²) in [4.78, 5) is 12.7. The molecule has 1 unspecified atom stereocenters. The second-order valence-corrected chi connectivity index (χ2v) is 5.65. The van der Waals surface area contributed by atoms with Crippen LogP contribution in [0.5, 0.6) is 0 Å². The third-order valence-corrected chi connectivity index (χ3v) is 4.40. The number of benzene rings is 1. The third-order valence-electron chi connectivity index (χ3n) is 3.51. The zero-order chi connectivity index (χ0) is 14.1. The fourth-order valence-corrected chi connectivity index (χ4v) is 3.33. The molecule has 1 atom stereocenters. The van der Waals surface area contributed by atoms with E-state index >= 15 is 0 Å². The topological polar surface area (TPSA) is 42.2 Å². The van der Waals surface area contributed by atoms with Crippen LogP contribution in [0.25, 0.3) is 21.5 Å². The monoisotopic (exact) mass is 285 g/mol. The molecule has 0 aliphatic heterocycles. The Morgan fingerprint density at radius 3 is 2.75 bits per heavy atom. The van der Waals surface area contributed by atoms with E-state index in [4.69, 9.17) is 0 Å². The predicted molar refractivity (Wildman–Crippen MR) is 82.2 cm³/mol. The Labute approximate surface area is 121 Å². The van der Waals surface area contributed by atoms with Crippen LogP contribution < -0.4 is 0 Å². The SMILES string of the molecule is CCC(C(=O)O)n1c(-c2cccs2)cc2ccccc21. The molecular weight excluding hydrogens is 270 g/mol. The number of fused-ring (bicyclic) bond motifs is 1. The van der Waals surface area contributed by atoms with Gasteiger partial charge in [-0.15, -0.1) is 11.3 Å². The maximum Gasteiger partial charge on any atom is 0.326 e. The van der Waals surface area contributed by atoms with Gasteiger partial charge in [-0.2, -0.15) is 0 Å². The molecule has 0 amide bonds. The van der Waals surface area contributed by atoms with E-state index in [1.807, 2.05) is 53.3 Å². The maximum atomic E-state index is 11.6. The lowest BCUT2D eigenvalue weighted by molar-refractivity contribution is -0.140. The van der Waals surface area contributed by atoms with Crippen LogP contribution in [0.3, 0.4) is 0 Å². The number of carbonyl (C=O) groups is 1. The van der Waals surface area contributed by atoms with Gasteiger partial charge in [0.1, 0.15) is 6.04 Å². The summed E-state index contributed by atoms with van der Waals surface area (Å²) in [6, 6.07) is 13.5. The number of hydrogen-bond acceptors (Lipinski definition) is 2. The van der Waals surface area contributed by atoms with E-state index in [9.17, 15) is 9.90 Å². The van der Waals surface area contributed by atoms with Crippen molar-refractivity contribution < 1.29 is 9.90 Å². The van der Waals surface area contributed by atoms with Gasteiger partial charge in [0.15, 0.2) is 0 Å². The first-order valence-electron chi connectivity index (χ1n) is 6.59. The van der Waals surface area contributed by atoms with Crippen molar-refractivity contribution in [2.45, 2.75) is 19.4 Å². The predicted octanol–water partition coefficient (Wildman–Crippen LogP) is 4.41. The summed E-state index contributed by atoms with van der Waals surface area (Å²) in [5.74, 6) is -0.786. The van der Waals surface area contributed by atoms with E-state index < -0.39 is 12.0 Å². The highest BCUT2D eigenvalue weighted by Crippen LogP contribution is 2.34. The summed E-state index contributed by atoms with van der Waals surface area (Å²) in [6.45, 7) is 1.91. The van der Waals surface area contributed by atoms with Crippen molar-refractivity contribution >= 4 is 28.2 Å².